The Morgan fingerprint density at radius 2 is 2.32 bits per heavy atom. The lowest BCUT2D eigenvalue weighted by atomic mass is 10.2. The molecule has 0 aliphatic rings. The summed E-state index contributed by atoms with van der Waals surface area (Å²) in [6, 6.07) is 3.01. The smallest absolute Gasteiger partial charge is 0.270 e. The maximum atomic E-state index is 11.7. The number of carbonyl (C=O) groups excluding carboxylic acids is 1. The van der Waals surface area contributed by atoms with Crippen LogP contribution in [0.5, 0.6) is 0 Å². The Labute approximate surface area is 107 Å². The van der Waals surface area contributed by atoms with Gasteiger partial charge in [-0.3, -0.25) is 14.9 Å². The van der Waals surface area contributed by atoms with Gasteiger partial charge in [-0.2, -0.15) is 5.10 Å². The number of nitrogens with zero attached hydrogens (tertiary/aromatic N) is 4. The second-order valence-corrected chi connectivity index (χ2v) is 3.53. The lowest BCUT2D eigenvalue weighted by Crippen LogP contribution is -2.24. The number of nitrogens with two attached hydrogens (primary N) is 1. The molecule has 9 heteroatoms. The molecule has 2 heterocycles. The predicted molar refractivity (Wildman–Crippen MR) is 64.3 cm³/mol. The van der Waals surface area contributed by atoms with E-state index in [-0.39, 0.29) is 24.0 Å². The van der Waals surface area contributed by atoms with E-state index in [1.165, 1.54) is 24.7 Å². The summed E-state index contributed by atoms with van der Waals surface area (Å²) in [6.07, 6.45) is 2.70. The van der Waals surface area contributed by atoms with E-state index in [0.29, 0.717) is 11.4 Å². The number of amidine groups is 1. The van der Waals surface area contributed by atoms with Gasteiger partial charge in [0.2, 0.25) is 0 Å². The largest absolute Gasteiger partial charge is 0.409 e. The first kappa shape index (κ1) is 12.5. The van der Waals surface area contributed by atoms with Crippen LogP contribution in [-0.4, -0.2) is 37.1 Å². The van der Waals surface area contributed by atoms with Crippen molar-refractivity contribution in [2.75, 3.05) is 0 Å². The Bertz CT molecular complexity index is 576. The SMILES string of the molecule is NC(=NO)c1ccc(C(=O)NCc2ncn[nH]2)nc1. The average Bonchev–Trinajstić information content (AvgIpc) is 2.97. The first-order chi connectivity index (χ1) is 9.20. The summed E-state index contributed by atoms with van der Waals surface area (Å²) in [7, 11) is 0. The summed E-state index contributed by atoms with van der Waals surface area (Å²) in [5.41, 5.74) is 6.03. The Hall–Kier alpha value is -2.97. The van der Waals surface area contributed by atoms with Gasteiger partial charge in [-0.15, -0.1) is 0 Å². The number of oxime groups is 1. The molecule has 2 aromatic heterocycles. The number of amides is 1. The van der Waals surface area contributed by atoms with Gasteiger partial charge in [0, 0.05) is 11.8 Å². The molecule has 2 rings (SSSR count). The van der Waals surface area contributed by atoms with Crippen LogP contribution in [0.3, 0.4) is 0 Å². The Kier molecular flexibility index (Phi) is 3.67. The maximum absolute atomic E-state index is 11.7. The number of pyridine rings is 1. The molecule has 0 atom stereocenters. The Balaban J connectivity index is 1.99. The number of rotatable bonds is 4. The minimum Gasteiger partial charge on any atom is -0.409 e. The van der Waals surface area contributed by atoms with Crippen molar-refractivity contribution in [2.45, 2.75) is 6.54 Å². The van der Waals surface area contributed by atoms with Gasteiger partial charge >= 0.3 is 0 Å². The standard InChI is InChI=1S/C10H11N7O2/c11-9(17-19)6-1-2-7(12-3-6)10(18)13-4-8-14-5-15-16-8/h1-3,5,19H,4H2,(H2,11,17)(H,13,18)(H,14,15,16). The van der Waals surface area contributed by atoms with E-state index in [1.54, 1.807) is 0 Å². The van der Waals surface area contributed by atoms with Crippen molar-refractivity contribution in [3.8, 4) is 0 Å². The predicted octanol–water partition coefficient (Wildman–Crippen LogP) is -0.776. The average molecular weight is 261 g/mol. The van der Waals surface area contributed by atoms with Crippen molar-refractivity contribution in [3.05, 3.63) is 41.7 Å². The van der Waals surface area contributed by atoms with Gasteiger partial charge in [-0.05, 0) is 12.1 Å². The Morgan fingerprint density at radius 3 is 2.89 bits per heavy atom. The molecule has 0 aromatic carbocycles. The third kappa shape index (κ3) is 3.03. The van der Waals surface area contributed by atoms with Crippen LogP contribution in [0.15, 0.2) is 29.8 Å². The van der Waals surface area contributed by atoms with Crippen molar-refractivity contribution < 1.29 is 10.0 Å². The molecule has 19 heavy (non-hydrogen) atoms. The lowest BCUT2D eigenvalue weighted by Gasteiger charge is -2.03. The van der Waals surface area contributed by atoms with Crippen LogP contribution in [0, 0.1) is 0 Å². The van der Waals surface area contributed by atoms with Crippen molar-refractivity contribution >= 4 is 11.7 Å². The van der Waals surface area contributed by atoms with E-state index in [4.69, 9.17) is 10.9 Å². The first-order valence-electron chi connectivity index (χ1n) is 5.27. The second kappa shape index (κ2) is 5.58. The summed E-state index contributed by atoms with van der Waals surface area (Å²) in [6.45, 7) is 0.225. The number of hydrogen-bond donors (Lipinski definition) is 4. The van der Waals surface area contributed by atoms with Gasteiger partial charge < -0.3 is 16.3 Å². The minimum absolute atomic E-state index is 0.0684. The van der Waals surface area contributed by atoms with Crippen molar-refractivity contribution in [2.24, 2.45) is 10.9 Å². The van der Waals surface area contributed by atoms with Crippen LogP contribution in [0.1, 0.15) is 21.9 Å². The van der Waals surface area contributed by atoms with Crippen LogP contribution in [0.25, 0.3) is 0 Å². The molecule has 0 radical (unpaired) electrons. The van der Waals surface area contributed by atoms with E-state index in [0.717, 1.165) is 0 Å². The van der Waals surface area contributed by atoms with Gasteiger partial charge in [0.25, 0.3) is 5.91 Å². The monoisotopic (exact) mass is 261 g/mol. The molecule has 0 fully saturated rings. The normalized spacial score (nSPS) is 11.3. The molecule has 2 aromatic rings. The minimum atomic E-state index is -0.359. The molecule has 0 aliphatic heterocycles. The van der Waals surface area contributed by atoms with E-state index in [1.807, 2.05) is 0 Å². The topological polar surface area (TPSA) is 142 Å². The van der Waals surface area contributed by atoms with Gasteiger partial charge in [-0.1, -0.05) is 5.16 Å². The van der Waals surface area contributed by atoms with Crippen LogP contribution < -0.4 is 11.1 Å². The van der Waals surface area contributed by atoms with E-state index in [9.17, 15) is 4.79 Å². The van der Waals surface area contributed by atoms with Crippen LogP contribution in [0.2, 0.25) is 0 Å². The van der Waals surface area contributed by atoms with Crippen molar-refractivity contribution in [1.82, 2.24) is 25.5 Å². The number of aromatic amines is 1. The highest BCUT2D eigenvalue weighted by molar-refractivity contribution is 5.98. The fraction of sp³-hybridized carbons (Fsp3) is 0.100. The summed E-state index contributed by atoms with van der Waals surface area (Å²) in [4.78, 5) is 19.5. The lowest BCUT2D eigenvalue weighted by molar-refractivity contribution is 0.0945. The first-order valence-corrected chi connectivity index (χ1v) is 5.27. The highest BCUT2D eigenvalue weighted by Gasteiger charge is 2.08. The van der Waals surface area contributed by atoms with Gasteiger partial charge in [0.1, 0.15) is 17.8 Å². The van der Waals surface area contributed by atoms with E-state index < -0.39 is 0 Å². The summed E-state index contributed by atoms with van der Waals surface area (Å²) in [5, 5.41) is 20.2. The summed E-state index contributed by atoms with van der Waals surface area (Å²) < 4.78 is 0. The molecular formula is C10H11N7O2. The summed E-state index contributed by atoms with van der Waals surface area (Å²) in [5.74, 6) is 0.116. The fourth-order valence-corrected chi connectivity index (χ4v) is 1.31. The molecule has 0 aliphatic carbocycles. The number of hydrogen-bond acceptors (Lipinski definition) is 6. The molecule has 0 bridgehead atoms. The molecule has 0 saturated heterocycles. The molecule has 0 unspecified atom stereocenters. The summed E-state index contributed by atoms with van der Waals surface area (Å²) >= 11 is 0. The fourth-order valence-electron chi connectivity index (χ4n) is 1.31. The zero-order chi connectivity index (χ0) is 13.7. The second-order valence-electron chi connectivity index (χ2n) is 3.53. The van der Waals surface area contributed by atoms with E-state index in [2.05, 4.69) is 30.6 Å². The highest BCUT2D eigenvalue weighted by Crippen LogP contribution is 2.00. The van der Waals surface area contributed by atoms with Gasteiger partial charge in [0.15, 0.2) is 5.84 Å². The zero-order valence-corrected chi connectivity index (χ0v) is 9.74. The number of carbonyl (C=O) groups is 1. The third-order valence-electron chi connectivity index (χ3n) is 2.28. The molecular weight excluding hydrogens is 250 g/mol. The van der Waals surface area contributed by atoms with Gasteiger partial charge in [-0.25, -0.2) is 4.98 Å². The molecule has 0 spiro atoms. The molecule has 5 N–H and O–H groups in total. The van der Waals surface area contributed by atoms with Crippen molar-refractivity contribution in [1.29, 1.82) is 0 Å². The van der Waals surface area contributed by atoms with E-state index >= 15 is 0 Å². The van der Waals surface area contributed by atoms with Crippen molar-refractivity contribution in [3.63, 3.8) is 0 Å². The number of aromatic nitrogens is 4. The zero-order valence-electron chi connectivity index (χ0n) is 9.74. The van der Waals surface area contributed by atoms with Gasteiger partial charge in [0.05, 0.1) is 6.54 Å². The van der Waals surface area contributed by atoms with Crippen LogP contribution in [-0.2, 0) is 6.54 Å². The van der Waals surface area contributed by atoms with Crippen LogP contribution in [0.4, 0.5) is 0 Å². The highest BCUT2D eigenvalue weighted by atomic mass is 16.4. The quantitative estimate of drug-likeness (QED) is 0.246. The number of nitrogens with one attached hydrogen (secondary N) is 2. The Morgan fingerprint density at radius 1 is 1.47 bits per heavy atom. The molecule has 0 saturated carbocycles. The maximum Gasteiger partial charge on any atom is 0.270 e. The molecule has 1 amide bonds. The molecule has 9 nitrogen and oxygen atoms in total. The van der Waals surface area contributed by atoms with Crippen LogP contribution >= 0.6 is 0 Å². The number of H-pyrrole nitrogens is 1. The molecule has 98 valence electrons. The third-order valence-corrected chi connectivity index (χ3v) is 2.28.